The maximum absolute atomic E-state index is 13.5. The number of aliphatic hydroxyl groups is 1. The van der Waals surface area contributed by atoms with Crippen LogP contribution in [0.4, 0.5) is 4.39 Å². The maximum Gasteiger partial charge on any atom is 0.295 e. The van der Waals surface area contributed by atoms with E-state index >= 15 is 0 Å². The van der Waals surface area contributed by atoms with Crippen LogP contribution in [0.5, 0.6) is 0 Å². The molecule has 2 aliphatic rings. The fraction of sp³-hybridized carbons (Fsp3) is 0.333. The molecular formula is C24H25FN2O4. The molecule has 0 unspecified atom stereocenters. The van der Waals surface area contributed by atoms with Gasteiger partial charge in [-0.05, 0) is 24.1 Å². The van der Waals surface area contributed by atoms with Gasteiger partial charge in [-0.3, -0.25) is 14.5 Å². The fourth-order valence-corrected chi connectivity index (χ4v) is 4.14. The van der Waals surface area contributed by atoms with Crippen molar-refractivity contribution in [2.75, 3.05) is 39.4 Å². The number of likely N-dealkylation sites (tertiary alicyclic amines) is 1. The van der Waals surface area contributed by atoms with Crippen molar-refractivity contribution in [1.82, 2.24) is 9.80 Å². The van der Waals surface area contributed by atoms with Gasteiger partial charge in [0.05, 0.1) is 24.8 Å². The number of Topliss-reactive ketones (excluding diaryl/α,β-unsaturated/α-hetero) is 1. The quantitative estimate of drug-likeness (QED) is 0.439. The molecule has 2 aromatic carbocycles. The molecule has 4 rings (SSSR count). The summed E-state index contributed by atoms with van der Waals surface area (Å²) in [7, 11) is 0. The summed E-state index contributed by atoms with van der Waals surface area (Å²) < 4.78 is 18.9. The number of hydrogen-bond acceptors (Lipinski definition) is 5. The SMILES string of the molecule is O=C1C(=O)N(CCCN2CCOCC2)[C@H](c2ccc(F)cc2)/C1=C(\O)c1ccccc1. The Bertz CT molecular complexity index is 969. The highest BCUT2D eigenvalue weighted by Gasteiger charge is 2.45. The first kappa shape index (κ1) is 21.2. The van der Waals surface area contributed by atoms with Crippen LogP contribution < -0.4 is 0 Å². The van der Waals surface area contributed by atoms with Gasteiger partial charge in [0.15, 0.2) is 0 Å². The van der Waals surface area contributed by atoms with Gasteiger partial charge in [0.1, 0.15) is 11.6 Å². The summed E-state index contributed by atoms with van der Waals surface area (Å²) in [6.07, 6.45) is 0.677. The van der Waals surface area contributed by atoms with Gasteiger partial charge >= 0.3 is 0 Å². The molecule has 1 N–H and O–H groups in total. The third-order valence-corrected chi connectivity index (χ3v) is 5.75. The van der Waals surface area contributed by atoms with Gasteiger partial charge in [0.2, 0.25) is 0 Å². The number of carbonyl (C=O) groups is 2. The second kappa shape index (κ2) is 9.41. The minimum atomic E-state index is -0.759. The molecule has 6 nitrogen and oxygen atoms in total. The van der Waals surface area contributed by atoms with Crippen LogP contribution in [0.25, 0.3) is 5.76 Å². The standard InChI is InChI=1S/C24H25FN2O4/c25-19-9-7-17(8-10-19)21-20(22(28)18-5-2-1-3-6-18)23(29)24(30)27(21)12-4-11-26-13-15-31-16-14-26/h1-3,5-10,21,28H,4,11-16H2/b22-20+/t21-/m1/s1. The van der Waals surface area contributed by atoms with Crippen molar-refractivity contribution in [2.45, 2.75) is 12.5 Å². The lowest BCUT2D eigenvalue weighted by Gasteiger charge is -2.29. The van der Waals surface area contributed by atoms with E-state index in [9.17, 15) is 19.1 Å². The molecule has 2 aliphatic heterocycles. The van der Waals surface area contributed by atoms with Gasteiger partial charge in [0, 0.05) is 31.7 Å². The lowest BCUT2D eigenvalue weighted by atomic mass is 9.95. The average Bonchev–Trinajstić information content (AvgIpc) is 3.05. The van der Waals surface area contributed by atoms with Crippen molar-refractivity contribution in [3.05, 3.63) is 77.1 Å². The third-order valence-electron chi connectivity index (χ3n) is 5.75. The molecule has 2 fully saturated rings. The number of nitrogens with zero attached hydrogens (tertiary/aromatic N) is 2. The Labute approximate surface area is 180 Å². The molecule has 162 valence electrons. The summed E-state index contributed by atoms with van der Waals surface area (Å²) >= 11 is 0. The summed E-state index contributed by atoms with van der Waals surface area (Å²) in [5.41, 5.74) is 1.08. The Kier molecular flexibility index (Phi) is 6.44. The molecule has 0 spiro atoms. The van der Waals surface area contributed by atoms with E-state index in [1.165, 1.54) is 17.0 Å². The first-order valence-corrected chi connectivity index (χ1v) is 10.5. The van der Waals surface area contributed by atoms with Gasteiger partial charge in [0.25, 0.3) is 11.7 Å². The monoisotopic (exact) mass is 424 g/mol. The Morgan fingerprint density at radius 2 is 1.68 bits per heavy atom. The highest BCUT2D eigenvalue weighted by molar-refractivity contribution is 6.46. The number of benzene rings is 2. The summed E-state index contributed by atoms with van der Waals surface area (Å²) in [5, 5.41) is 10.9. The zero-order chi connectivity index (χ0) is 21.8. The van der Waals surface area contributed by atoms with Crippen molar-refractivity contribution >= 4 is 17.4 Å². The zero-order valence-corrected chi connectivity index (χ0v) is 17.2. The van der Waals surface area contributed by atoms with Crippen LogP contribution in [-0.2, 0) is 14.3 Å². The summed E-state index contributed by atoms with van der Waals surface area (Å²) in [4.78, 5) is 29.6. The number of rotatable bonds is 6. The number of ketones is 1. The second-order valence-corrected chi connectivity index (χ2v) is 7.72. The van der Waals surface area contributed by atoms with Crippen molar-refractivity contribution in [1.29, 1.82) is 0 Å². The number of aliphatic hydroxyl groups excluding tert-OH is 1. The van der Waals surface area contributed by atoms with Crippen LogP contribution in [0.1, 0.15) is 23.6 Å². The number of halogens is 1. The largest absolute Gasteiger partial charge is 0.507 e. The van der Waals surface area contributed by atoms with Crippen molar-refractivity contribution in [3.8, 4) is 0 Å². The van der Waals surface area contributed by atoms with Gasteiger partial charge in [-0.2, -0.15) is 0 Å². The Hall–Kier alpha value is -3.03. The fourth-order valence-electron chi connectivity index (χ4n) is 4.14. The van der Waals surface area contributed by atoms with E-state index in [2.05, 4.69) is 4.90 Å². The van der Waals surface area contributed by atoms with E-state index in [0.29, 0.717) is 37.3 Å². The summed E-state index contributed by atoms with van der Waals surface area (Å²) in [6, 6.07) is 13.6. The summed E-state index contributed by atoms with van der Waals surface area (Å²) in [6.45, 7) is 4.20. The van der Waals surface area contributed by atoms with Crippen LogP contribution in [0.3, 0.4) is 0 Å². The molecule has 0 bridgehead atoms. The molecular weight excluding hydrogens is 399 g/mol. The molecule has 2 saturated heterocycles. The van der Waals surface area contributed by atoms with Gasteiger partial charge in [-0.15, -0.1) is 0 Å². The van der Waals surface area contributed by atoms with Crippen LogP contribution in [0.2, 0.25) is 0 Å². The highest BCUT2D eigenvalue weighted by Crippen LogP contribution is 2.39. The lowest BCUT2D eigenvalue weighted by molar-refractivity contribution is -0.140. The number of hydrogen-bond donors (Lipinski definition) is 1. The molecule has 2 heterocycles. The van der Waals surface area contributed by atoms with E-state index < -0.39 is 23.5 Å². The number of carbonyl (C=O) groups excluding carboxylic acids is 2. The molecule has 2 aromatic rings. The highest BCUT2D eigenvalue weighted by atomic mass is 19.1. The van der Waals surface area contributed by atoms with E-state index in [-0.39, 0.29) is 11.3 Å². The predicted molar refractivity (Wildman–Crippen MR) is 114 cm³/mol. The molecule has 0 aliphatic carbocycles. The normalized spacial score (nSPS) is 21.6. The topological polar surface area (TPSA) is 70.1 Å². The summed E-state index contributed by atoms with van der Waals surface area (Å²) in [5.74, 6) is -1.99. The molecule has 1 amide bonds. The predicted octanol–water partition coefficient (Wildman–Crippen LogP) is 2.97. The van der Waals surface area contributed by atoms with Gasteiger partial charge < -0.3 is 14.7 Å². The van der Waals surface area contributed by atoms with Crippen LogP contribution in [-0.4, -0.2) is 66.0 Å². The molecule has 7 heteroatoms. The Morgan fingerprint density at radius 3 is 2.35 bits per heavy atom. The van der Waals surface area contributed by atoms with Crippen LogP contribution in [0, 0.1) is 5.82 Å². The smallest absolute Gasteiger partial charge is 0.295 e. The van der Waals surface area contributed by atoms with E-state index in [0.717, 1.165) is 19.6 Å². The average molecular weight is 424 g/mol. The Morgan fingerprint density at radius 1 is 1.00 bits per heavy atom. The molecule has 0 radical (unpaired) electrons. The van der Waals surface area contributed by atoms with Crippen molar-refractivity contribution in [2.24, 2.45) is 0 Å². The number of amides is 1. The molecule has 0 aromatic heterocycles. The molecule has 31 heavy (non-hydrogen) atoms. The van der Waals surface area contributed by atoms with Crippen molar-refractivity contribution in [3.63, 3.8) is 0 Å². The Balaban J connectivity index is 1.65. The first-order valence-electron chi connectivity index (χ1n) is 10.5. The molecule has 0 saturated carbocycles. The van der Waals surface area contributed by atoms with E-state index in [4.69, 9.17) is 4.74 Å². The van der Waals surface area contributed by atoms with E-state index in [1.807, 2.05) is 0 Å². The third kappa shape index (κ3) is 4.52. The lowest BCUT2D eigenvalue weighted by Crippen LogP contribution is -2.38. The minimum Gasteiger partial charge on any atom is -0.507 e. The van der Waals surface area contributed by atoms with E-state index in [1.54, 1.807) is 42.5 Å². The zero-order valence-electron chi connectivity index (χ0n) is 17.2. The minimum absolute atomic E-state index is 0.0363. The second-order valence-electron chi connectivity index (χ2n) is 7.72. The van der Waals surface area contributed by atoms with Crippen LogP contribution in [0.15, 0.2) is 60.2 Å². The van der Waals surface area contributed by atoms with Crippen molar-refractivity contribution < 1.29 is 23.8 Å². The van der Waals surface area contributed by atoms with Crippen LogP contribution >= 0.6 is 0 Å². The number of ether oxygens (including phenoxy) is 1. The maximum atomic E-state index is 13.5. The van der Waals surface area contributed by atoms with Gasteiger partial charge in [-0.1, -0.05) is 42.5 Å². The van der Waals surface area contributed by atoms with Gasteiger partial charge in [-0.25, -0.2) is 4.39 Å². The number of morpholine rings is 1. The first-order chi connectivity index (χ1) is 15.1. The molecule has 1 atom stereocenters.